The highest BCUT2D eigenvalue weighted by atomic mass is 16.5. The largest absolute Gasteiger partial charge is 0.379 e. The lowest BCUT2D eigenvalue weighted by Gasteiger charge is -2.32. The van der Waals surface area contributed by atoms with E-state index in [-0.39, 0.29) is 6.03 Å². The van der Waals surface area contributed by atoms with Crippen LogP contribution in [0, 0.1) is 6.92 Å². The lowest BCUT2D eigenvalue weighted by molar-refractivity contribution is 0.0420. The van der Waals surface area contributed by atoms with E-state index in [0.717, 1.165) is 77.3 Å². The molecule has 5 heteroatoms. The minimum atomic E-state index is 0.0247. The van der Waals surface area contributed by atoms with Gasteiger partial charge in [-0.05, 0) is 67.3 Å². The molecule has 2 aliphatic heterocycles. The van der Waals surface area contributed by atoms with E-state index in [1.807, 2.05) is 11.0 Å². The first-order chi connectivity index (χ1) is 16.1. The molecular weight excluding hydrogens is 410 g/mol. The summed E-state index contributed by atoms with van der Waals surface area (Å²) in [5.41, 5.74) is 7.72. The number of aryl methyl sites for hydroxylation is 2. The van der Waals surface area contributed by atoms with Crippen molar-refractivity contribution in [2.24, 2.45) is 0 Å². The van der Waals surface area contributed by atoms with E-state index >= 15 is 0 Å². The lowest BCUT2D eigenvalue weighted by Crippen LogP contribution is -2.40. The average Bonchev–Trinajstić information content (AvgIpc) is 2.85. The van der Waals surface area contributed by atoms with Gasteiger partial charge in [-0.15, -0.1) is 0 Å². The van der Waals surface area contributed by atoms with Gasteiger partial charge in [0.05, 0.1) is 13.2 Å². The highest BCUT2D eigenvalue weighted by Crippen LogP contribution is 2.30. The molecule has 0 unspecified atom stereocenters. The summed E-state index contributed by atoms with van der Waals surface area (Å²) in [5, 5.41) is 3.14. The minimum absolute atomic E-state index is 0.0247. The third kappa shape index (κ3) is 5.48. The number of anilines is 1. The third-order valence-electron chi connectivity index (χ3n) is 7.33. The molecule has 2 aromatic carbocycles. The van der Waals surface area contributed by atoms with Gasteiger partial charge in [0.2, 0.25) is 0 Å². The molecule has 2 aromatic rings. The number of likely N-dealkylation sites (tertiary alicyclic amines) is 1. The Morgan fingerprint density at radius 1 is 1.00 bits per heavy atom. The van der Waals surface area contributed by atoms with Crippen LogP contribution in [0.5, 0.6) is 0 Å². The second-order valence-electron chi connectivity index (χ2n) is 9.71. The maximum atomic E-state index is 12.9. The molecule has 2 heterocycles. The summed E-state index contributed by atoms with van der Waals surface area (Å²) in [6.07, 6.45) is 6.52. The number of amides is 2. The van der Waals surface area contributed by atoms with Crippen molar-refractivity contribution in [1.29, 1.82) is 0 Å². The van der Waals surface area contributed by atoms with Crippen LogP contribution in [0.2, 0.25) is 0 Å². The molecule has 3 aliphatic rings. The molecule has 0 spiro atoms. The van der Waals surface area contributed by atoms with Gasteiger partial charge in [0.25, 0.3) is 0 Å². The van der Waals surface area contributed by atoms with Crippen LogP contribution in [-0.2, 0) is 11.2 Å². The van der Waals surface area contributed by atoms with Gasteiger partial charge in [-0.1, -0.05) is 47.5 Å². The Morgan fingerprint density at radius 3 is 2.52 bits per heavy atom. The number of rotatable bonds is 4. The summed E-state index contributed by atoms with van der Waals surface area (Å²) in [4.78, 5) is 17.3. The molecule has 5 nitrogen and oxygen atoms in total. The number of hydrogen-bond acceptors (Lipinski definition) is 3. The Morgan fingerprint density at radius 2 is 1.76 bits per heavy atom. The predicted molar refractivity (Wildman–Crippen MR) is 134 cm³/mol. The number of morpholine rings is 1. The van der Waals surface area contributed by atoms with Gasteiger partial charge in [-0.25, -0.2) is 4.79 Å². The Balaban J connectivity index is 1.15. The van der Waals surface area contributed by atoms with Gasteiger partial charge in [-0.3, -0.25) is 4.90 Å². The van der Waals surface area contributed by atoms with Crippen molar-refractivity contribution in [3.63, 3.8) is 0 Å². The van der Waals surface area contributed by atoms with E-state index in [4.69, 9.17) is 4.74 Å². The minimum Gasteiger partial charge on any atom is -0.379 e. The van der Waals surface area contributed by atoms with Gasteiger partial charge in [0, 0.05) is 38.4 Å². The average molecular weight is 446 g/mol. The van der Waals surface area contributed by atoms with Crippen LogP contribution in [0.15, 0.2) is 48.0 Å². The summed E-state index contributed by atoms with van der Waals surface area (Å²) in [7, 11) is 0. The number of hydrogen-bond donors (Lipinski definition) is 1. The quantitative estimate of drug-likeness (QED) is 0.715. The number of fused-ring (bicyclic) bond motifs is 1. The number of carbonyl (C=O) groups excluding carboxylic acids is 1. The fourth-order valence-electron chi connectivity index (χ4n) is 5.26. The maximum Gasteiger partial charge on any atom is 0.321 e. The molecule has 0 atom stereocenters. The fraction of sp³-hybridized carbons (Fsp3) is 0.464. The summed E-state index contributed by atoms with van der Waals surface area (Å²) in [6, 6.07) is 15.2. The second-order valence-corrected chi connectivity index (χ2v) is 9.71. The number of nitrogens with one attached hydrogen (secondary N) is 1. The molecule has 0 radical (unpaired) electrons. The summed E-state index contributed by atoms with van der Waals surface area (Å²) < 4.78 is 5.46. The normalized spacial score (nSPS) is 19.7. The predicted octanol–water partition coefficient (Wildman–Crippen LogP) is 5.07. The van der Waals surface area contributed by atoms with Crippen LogP contribution in [0.3, 0.4) is 0 Å². The highest BCUT2D eigenvalue weighted by Gasteiger charge is 2.24. The number of nitrogens with zero attached hydrogens (tertiary/aromatic N) is 2. The number of benzene rings is 2. The van der Waals surface area contributed by atoms with Gasteiger partial charge >= 0.3 is 6.03 Å². The van der Waals surface area contributed by atoms with Crippen molar-refractivity contribution >= 4 is 17.8 Å². The van der Waals surface area contributed by atoms with Crippen molar-refractivity contribution in [2.75, 3.05) is 51.3 Å². The fourth-order valence-corrected chi connectivity index (χ4v) is 5.26. The zero-order valence-corrected chi connectivity index (χ0v) is 19.7. The van der Waals surface area contributed by atoms with E-state index in [2.05, 4.69) is 59.6 Å². The first kappa shape index (κ1) is 22.2. The zero-order valence-electron chi connectivity index (χ0n) is 19.7. The number of piperidine rings is 1. The maximum absolute atomic E-state index is 12.9. The second kappa shape index (κ2) is 10.1. The number of ether oxygens (including phenoxy) is 1. The molecule has 2 fully saturated rings. The lowest BCUT2D eigenvalue weighted by atomic mass is 9.89. The zero-order chi connectivity index (χ0) is 22.6. The van der Waals surface area contributed by atoms with Crippen molar-refractivity contribution in [2.45, 2.75) is 38.5 Å². The molecule has 1 N–H and O–H groups in total. The topological polar surface area (TPSA) is 44.8 Å². The van der Waals surface area contributed by atoms with E-state index < -0.39 is 0 Å². The Kier molecular flexibility index (Phi) is 6.79. The van der Waals surface area contributed by atoms with Gasteiger partial charge in [-0.2, -0.15) is 0 Å². The van der Waals surface area contributed by atoms with Crippen molar-refractivity contribution in [3.05, 3.63) is 70.3 Å². The van der Waals surface area contributed by atoms with Crippen LogP contribution >= 0.6 is 0 Å². The molecule has 0 bridgehead atoms. The molecule has 5 rings (SSSR count). The standard InChI is InChI=1S/C28H35N3O2/c1-21-2-5-23(6-3-21)24-10-12-31(13-11-24)28(32)29-27-9-8-25-18-22(4-7-26(25)19-27)20-30-14-16-33-17-15-30/h2-3,5-6,8-9,18-19,24H,4,7,10-17,20H2,1H3,(H,29,32). The molecule has 174 valence electrons. The molecule has 1 aliphatic carbocycles. The van der Waals surface area contributed by atoms with Crippen LogP contribution in [0.25, 0.3) is 6.08 Å². The van der Waals surface area contributed by atoms with Crippen LogP contribution in [0.1, 0.15) is 47.4 Å². The van der Waals surface area contributed by atoms with Crippen molar-refractivity contribution < 1.29 is 9.53 Å². The monoisotopic (exact) mass is 445 g/mol. The Hall–Kier alpha value is -2.63. The Bertz CT molecular complexity index is 1000. The summed E-state index contributed by atoms with van der Waals surface area (Å²) >= 11 is 0. The van der Waals surface area contributed by atoms with Crippen molar-refractivity contribution in [3.8, 4) is 0 Å². The van der Waals surface area contributed by atoms with E-state index in [9.17, 15) is 4.79 Å². The van der Waals surface area contributed by atoms with Gasteiger partial charge in [0.1, 0.15) is 0 Å². The van der Waals surface area contributed by atoms with Crippen LogP contribution < -0.4 is 5.32 Å². The van der Waals surface area contributed by atoms with Gasteiger partial charge in [0.15, 0.2) is 0 Å². The molecule has 0 saturated carbocycles. The molecular formula is C28H35N3O2. The summed E-state index contributed by atoms with van der Waals surface area (Å²) in [6.45, 7) is 8.52. The summed E-state index contributed by atoms with van der Waals surface area (Å²) in [5.74, 6) is 0.553. The van der Waals surface area contributed by atoms with Crippen molar-refractivity contribution in [1.82, 2.24) is 9.80 Å². The van der Waals surface area contributed by atoms with Crippen LogP contribution in [-0.4, -0.2) is 61.8 Å². The van der Waals surface area contributed by atoms with Crippen LogP contribution in [0.4, 0.5) is 10.5 Å². The number of carbonyl (C=O) groups is 1. The first-order valence-corrected chi connectivity index (χ1v) is 12.4. The number of urea groups is 1. The molecule has 33 heavy (non-hydrogen) atoms. The molecule has 2 saturated heterocycles. The van der Waals surface area contributed by atoms with E-state index in [0.29, 0.717) is 5.92 Å². The van der Waals surface area contributed by atoms with Gasteiger partial charge < -0.3 is 15.0 Å². The highest BCUT2D eigenvalue weighted by molar-refractivity contribution is 5.89. The SMILES string of the molecule is Cc1ccc(C2CCN(C(=O)Nc3ccc4c(c3)CCC(CN3CCOCC3)=C4)CC2)cc1. The molecule has 2 amide bonds. The first-order valence-electron chi connectivity index (χ1n) is 12.4. The third-order valence-corrected chi connectivity index (χ3v) is 7.33. The van der Waals surface area contributed by atoms with E-state index in [1.54, 1.807) is 0 Å². The smallest absolute Gasteiger partial charge is 0.321 e. The molecule has 0 aromatic heterocycles. The Labute approximate surface area is 197 Å². The van der Waals surface area contributed by atoms with E-state index in [1.165, 1.54) is 27.8 Å².